The summed E-state index contributed by atoms with van der Waals surface area (Å²) in [5, 5.41) is 22.2. The fourth-order valence-electron chi connectivity index (χ4n) is 3.66. The molecule has 30 heavy (non-hydrogen) atoms. The molecule has 11 nitrogen and oxygen atoms in total. The first-order chi connectivity index (χ1) is 13.9. The van der Waals surface area contributed by atoms with Gasteiger partial charge < -0.3 is 20.3 Å². The molecule has 12 heteroatoms. The van der Waals surface area contributed by atoms with Crippen molar-refractivity contribution in [2.45, 2.75) is 71.2 Å². The van der Waals surface area contributed by atoms with Crippen molar-refractivity contribution < 1.29 is 13.5 Å². The smallest absolute Gasteiger partial charge is 0.276 e. The molecule has 1 saturated heterocycles. The predicted molar refractivity (Wildman–Crippen MR) is 116 cm³/mol. The molecular formula is C18H32N8O3S. The molecule has 0 aromatic carbocycles. The molecule has 3 rings (SSSR count). The van der Waals surface area contributed by atoms with Crippen LogP contribution in [0.4, 0.5) is 11.8 Å². The number of fused-ring (bicyclic) bond motifs is 1. The van der Waals surface area contributed by atoms with E-state index >= 15 is 0 Å². The summed E-state index contributed by atoms with van der Waals surface area (Å²) in [4.78, 5) is 13.7. The van der Waals surface area contributed by atoms with Crippen LogP contribution in [-0.4, -0.2) is 68.1 Å². The maximum atomic E-state index is 11.6. The third-order valence-corrected chi connectivity index (χ3v) is 6.45. The topological polar surface area (TPSA) is 151 Å². The lowest BCUT2D eigenvalue weighted by Gasteiger charge is -2.29. The summed E-state index contributed by atoms with van der Waals surface area (Å²) in [6.07, 6.45) is 3.01. The van der Waals surface area contributed by atoms with E-state index in [9.17, 15) is 13.5 Å². The maximum absolute atomic E-state index is 11.6. The summed E-state index contributed by atoms with van der Waals surface area (Å²) in [7, 11) is -3.72. The zero-order valence-electron chi connectivity index (χ0n) is 18.1. The van der Waals surface area contributed by atoms with Crippen molar-refractivity contribution in [3.05, 3.63) is 6.33 Å². The van der Waals surface area contributed by atoms with Crippen LogP contribution in [0.15, 0.2) is 6.33 Å². The van der Waals surface area contributed by atoms with Crippen molar-refractivity contribution in [3.8, 4) is 0 Å². The van der Waals surface area contributed by atoms with E-state index in [1.165, 1.54) is 4.31 Å². The molecule has 5 N–H and O–H groups in total. The Morgan fingerprint density at radius 3 is 2.60 bits per heavy atom. The number of aliphatic hydroxyl groups is 1. The van der Waals surface area contributed by atoms with Crippen molar-refractivity contribution in [2.24, 2.45) is 5.14 Å². The zero-order chi connectivity index (χ0) is 22.3. The largest absolute Gasteiger partial charge is 0.388 e. The summed E-state index contributed by atoms with van der Waals surface area (Å²) in [6.45, 7) is 10.2. The normalized spacial score (nSPS) is 19.5. The molecule has 0 radical (unpaired) electrons. The number of imidazole rings is 1. The van der Waals surface area contributed by atoms with Gasteiger partial charge in [-0.2, -0.15) is 22.7 Å². The van der Waals surface area contributed by atoms with Gasteiger partial charge in [-0.3, -0.25) is 0 Å². The van der Waals surface area contributed by atoms with Crippen LogP contribution < -0.4 is 15.8 Å². The van der Waals surface area contributed by atoms with E-state index in [-0.39, 0.29) is 24.7 Å². The summed E-state index contributed by atoms with van der Waals surface area (Å²) in [5.41, 5.74) is 0.317. The van der Waals surface area contributed by atoms with Crippen molar-refractivity contribution in [3.63, 3.8) is 0 Å². The molecule has 0 saturated carbocycles. The van der Waals surface area contributed by atoms with Gasteiger partial charge in [-0.15, -0.1) is 0 Å². The highest BCUT2D eigenvalue weighted by Crippen LogP contribution is 2.27. The van der Waals surface area contributed by atoms with Crippen LogP contribution in [-0.2, 0) is 10.2 Å². The average molecular weight is 441 g/mol. The molecule has 0 spiro atoms. The Kier molecular flexibility index (Phi) is 6.23. The van der Waals surface area contributed by atoms with Crippen molar-refractivity contribution in [1.29, 1.82) is 0 Å². The number of hydrogen-bond donors (Lipinski definition) is 4. The summed E-state index contributed by atoms with van der Waals surface area (Å²) < 4.78 is 26.4. The lowest BCUT2D eigenvalue weighted by atomic mass is 9.97. The minimum Gasteiger partial charge on any atom is -0.388 e. The lowest BCUT2D eigenvalue weighted by molar-refractivity contribution is 0.0577. The van der Waals surface area contributed by atoms with Crippen molar-refractivity contribution >= 4 is 33.1 Å². The van der Waals surface area contributed by atoms with Gasteiger partial charge in [0.2, 0.25) is 5.95 Å². The second-order valence-corrected chi connectivity index (χ2v) is 10.2. The van der Waals surface area contributed by atoms with Gasteiger partial charge in [0.1, 0.15) is 0 Å². The molecule has 0 aliphatic carbocycles. The van der Waals surface area contributed by atoms with E-state index < -0.39 is 15.8 Å². The number of nitrogens with two attached hydrogens (primary N) is 1. The molecule has 1 aliphatic rings. The quantitative estimate of drug-likeness (QED) is 0.475. The van der Waals surface area contributed by atoms with E-state index in [4.69, 9.17) is 5.14 Å². The third kappa shape index (κ3) is 4.82. The first-order valence-electron chi connectivity index (χ1n) is 10.2. The van der Waals surface area contributed by atoms with Crippen molar-refractivity contribution in [2.75, 3.05) is 23.7 Å². The number of nitrogens with zero attached hydrogens (tertiary/aromatic N) is 5. The third-order valence-electron chi connectivity index (χ3n) is 5.39. The number of anilines is 2. The van der Waals surface area contributed by atoms with Gasteiger partial charge >= 0.3 is 0 Å². The van der Waals surface area contributed by atoms with E-state index in [0.717, 1.165) is 0 Å². The van der Waals surface area contributed by atoms with Gasteiger partial charge in [-0.1, -0.05) is 6.92 Å². The van der Waals surface area contributed by atoms with E-state index in [1.807, 2.05) is 25.3 Å². The van der Waals surface area contributed by atoms with Gasteiger partial charge in [0.05, 0.1) is 18.0 Å². The first kappa shape index (κ1) is 22.7. The molecule has 168 valence electrons. The number of rotatable bonds is 8. The van der Waals surface area contributed by atoms with Gasteiger partial charge in [-0.25, -0.2) is 10.1 Å². The molecule has 1 aliphatic heterocycles. The minimum atomic E-state index is -3.72. The van der Waals surface area contributed by atoms with E-state index in [1.54, 1.807) is 20.2 Å². The van der Waals surface area contributed by atoms with Crippen LogP contribution >= 0.6 is 0 Å². The van der Waals surface area contributed by atoms with E-state index in [0.29, 0.717) is 42.3 Å². The van der Waals surface area contributed by atoms with Gasteiger partial charge in [0.25, 0.3) is 10.2 Å². The Hall–Kier alpha value is -2.02. The molecule has 2 unspecified atom stereocenters. The Morgan fingerprint density at radius 2 is 2.07 bits per heavy atom. The second kappa shape index (κ2) is 8.25. The van der Waals surface area contributed by atoms with Crippen LogP contribution in [0, 0.1) is 0 Å². The van der Waals surface area contributed by atoms with E-state index in [2.05, 4.69) is 25.6 Å². The highest BCUT2D eigenvalue weighted by Gasteiger charge is 2.31. The van der Waals surface area contributed by atoms with Crippen molar-refractivity contribution in [1.82, 2.24) is 23.8 Å². The maximum Gasteiger partial charge on any atom is 0.276 e. The Bertz CT molecular complexity index is 999. The summed E-state index contributed by atoms with van der Waals surface area (Å²) in [5.74, 6) is 0.899. The molecule has 3 heterocycles. The SMILES string of the molecule is CCC(Nc1nc(NC2CCN(S(N)(=O)=O)C2)c2ncn(C(C)C)c2n1)C(C)(C)O. The van der Waals surface area contributed by atoms with Crippen LogP contribution in [0.1, 0.15) is 53.5 Å². The predicted octanol–water partition coefficient (Wildman–Crippen LogP) is 1.06. The minimum absolute atomic E-state index is 0.144. The molecule has 2 atom stereocenters. The van der Waals surface area contributed by atoms with Gasteiger partial charge in [0, 0.05) is 25.2 Å². The first-order valence-corrected chi connectivity index (χ1v) is 11.7. The Balaban J connectivity index is 1.96. The monoisotopic (exact) mass is 440 g/mol. The molecule has 2 aromatic heterocycles. The number of nitrogens with one attached hydrogen (secondary N) is 2. The van der Waals surface area contributed by atoms with Crippen LogP contribution in [0.5, 0.6) is 0 Å². The molecule has 0 amide bonds. The lowest BCUT2D eigenvalue weighted by Crippen LogP contribution is -2.41. The van der Waals surface area contributed by atoms with Crippen LogP contribution in [0.25, 0.3) is 11.2 Å². The number of aromatic nitrogens is 4. The molecule has 0 bridgehead atoms. The molecule has 2 aromatic rings. The molecule has 1 fully saturated rings. The van der Waals surface area contributed by atoms with Crippen LogP contribution in [0.3, 0.4) is 0 Å². The molecular weight excluding hydrogens is 408 g/mol. The van der Waals surface area contributed by atoms with Crippen LogP contribution in [0.2, 0.25) is 0 Å². The summed E-state index contributed by atoms with van der Waals surface area (Å²) >= 11 is 0. The Morgan fingerprint density at radius 1 is 1.37 bits per heavy atom. The average Bonchev–Trinajstić information content (AvgIpc) is 3.25. The van der Waals surface area contributed by atoms with Gasteiger partial charge in [0.15, 0.2) is 17.0 Å². The number of hydrogen-bond acceptors (Lipinski definition) is 8. The van der Waals surface area contributed by atoms with Gasteiger partial charge in [-0.05, 0) is 40.5 Å². The highest BCUT2D eigenvalue weighted by molar-refractivity contribution is 7.86. The Labute approximate surface area is 177 Å². The highest BCUT2D eigenvalue weighted by atomic mass is 32.2. The fourth-order valence-corrected chi connectivity index (χ4v) is 4.41. The standard InChI is InChI=1S/C18H32N8O3S/c1-6-13(18(4,5)27)22-17-23-15(14-16(24-17)26(10-20-14)11(2)3)21-12-7-8-25(9-12)30(19,28)29/h10-13,27H,6-9H2,1-5H3,(H2,19,28,29)(H2,21,22,23,24). The zero-order valence-corrected chi connectivity index (χ0v) is 18.9. The fraction of sp³-hybridized carbons (Fsp3) is 0.722. The second-order valence-electron chi connectivity index (χ2n) is 8.61. The summed E-state index contributed by atoms with van der Waals surface area (Å²) in [6, 6.07) is -0.247.